The van der Waals surface area contributed by atoms with Crippen LogP contribution in [-0.2, 0) is 11.8 Å². The Morgan fingerprint density at radius 1 is 1.21 bits per heavy atom. The van der Waals surface area contributed by atoms with Crippen molar-refractivity contribution in [3.8, 4) is 22.9 Å². The summed E-state index contributed by atoms with van der Waals surface area (Å²) in [7, 11) is 1.87. The van der Waals surface area contributed by atoms with E-state index in [2.05, 4.69) is 28.0 Å². The van der Waals surface area contributed by atoms with Crippen molar-refractivity contribution < 1.29 is 14.3 Å². The molecule has 1 aliphatic carbocycles. The Balaban J connectivity index is 0.990. The number of hydrogen-bond donors (Lipinski definition) is 0. The average molecular weight is 565 g/mol. The van der Waals surface area contributed by atoms with Gasteiger partial charge in [0, 0.05) is 43.7 Å². The van der Waals surface area contributed by atoms with Gasteiger partial charge in [-0.15, -0.1) is 0 Å². The monoisotopic (exact) mass is 564 g/mol. The van der Waals surface area contributed by atoms with E-state index in [1.807, 2.05) is 42.5 Å². The average Bonchev–Trinajstić information content (AvgIpc) is 3.49. The first-order valence-electron chi connectivity index (χ1n) is 14.6. The van der Waals surface area contributed by atoms with E-state index in [0.717, 1.165) is 67.4 Å². The molecule has 11 heteroatoms. The van der Waals surface area contributed by atoms with E-state index in [9.17, 15) is 10.1 Å². The van der Waals surface area contributed by atoms with Crippen molar-refractivity contribution in [2.45, 2.75) is 31.8 Å². The molecule has 5 fully saturated rings. The Morgan fingerprint density at radius 2 is 2.07 bits per heavy atom. The summed E-state index contributed by atoms with van der Waals surface area (Å²) in [6, 6.07) is 8.63. The van der Waals surface area contributed by atoms with Crippen LogP contribution in [0.15, 0.2) is 49.3 Å². The summed E-state index contributed by atoms with van der Waals surface area (Å²) in [5.41, 5.74) is 3.81. The summed E-state index contributed by atoms with van der Waals surface area (Å²) in [5.74, 6) is 2.91. The lowest BCUT2D eigenvalue weighted by Gasteiger charge is -2.56. The number of piperidine rings is 1. The normalized spacial score (nSPS) is 27.5. The lowest BCUT2D eigenvalue weighted by molar-refractivity contribution is 0.00528. The molecule has 4 aliphatic heterocycles. The number of amides is 1. The molecule has 0 spiro atoms. The second kappa shape index (κ2) is 9.29. The third kappa shape index (κ3) is 3.89. The van der Waals surface area contributed by atoms with E-state index in [0.29, 0.717) is 35.1 Å². The molecule has 9 rings (SSSR count). The van der Waals surface area contributed by atoms with E-state index in [1.54, 1.807) is 27.8 Å². The number of piperazine rings is 1. The lowest BCUT2D eigenvalue weighted by Crippen LogP contribution is -2.70. The Bertz CT molecular complexity index is 1730. The number of carbonyl (C=O) groups excluding carboxylic acids is 1. The number of nitriles is 1. The van der Waals surface area contributed by atoms with Gasteiger partial charge in [-0.25, -0.2) is 14.5 Å². The van der Waals surface area contributed by atoms with Crippen molar-refractivity contribution in [3.63, 3.8) is 0 Å². The van der Waals surface area contributed by atoms with Crippen LogP contribution in [-0.4, -0.2) is 80.0 Å². The zero-order valence-electron chi connectivity index (χ0n) is 23.7. The quantitative estimate of drug-likeness (QED) is 0.336. The van der Waals surface area contributed by atoms with Crippen LogP contribution in [0, 0.1) is 28.6 Å². The summed E-state index contributed by atoms with van der Waals surface area (Å²) in [6.45, 7) is 6.14. The number of aromatic nitrogens is 5. The van der Waals surface area contributed by atoms with E-state index < -0.39 is 0 Å². The van der Waals surface area contributed by atoms with Crippen molar-refractivity contribution in [1.29, 1.82) is 5.26 Å². The fourth-order valence-electron chi connectivity index (χ4n) is 7.52. The predicted octanol–water partition coefficient (Wildman–Crippen LogP) is 3.16. The largest absolute Gasteiger partial charge is 0.492 e. The highest BCUT2D eigenvalue weighted by Gasteiger charge is 2.63. The minimum Gasteiger partial charge on any atom is -0.492 e. The van der Waals surface area contributed by atoms with Crippen LogP contribution >= 0.6 is 0 Å². The van der Waals surface area contributed by atoms with Crippen LogP contribution in [0.1, 0.15) is 35.8 Å². The van der Waals surface area contributed by atoms with Crippen LogP contribution in [0.3, 0.4) is 0 Å². The van der Waals surface area contributed by atoms with Gasteiger partial charge in [0.25, 0.3) is 5.91 Å². The van der Waals surface area contributed by atoms with Gasteiger partial charge in [-0.1, -0.05) is 6.92 Å². The van der Waals surface area contributed by atoms with Gasteiger partial charge in [0.1, 0.15) is 23.3 Å². The zero-order valence-corrected chi connectivity index (χ0v) is 23.7. The molecule has 4 saturated heterocycles. The van der Waals surface area contributed by atoms with Gasteiger partial charge in [-0.3, -0.25) is 4.79 Å². The molecule has 5 atom stereocenters. The number of nitrogens with zero attached hydrogens (tertiary/aromatic N) is 8. The van der Waals surface area contributed by atoms with Gasteiger partial charge >= 0.3 is 0 Å². The van der Waals surface area contributed by atoms with Gasteiger partial charge < -0.3 is 23.8 Å². The number of imidazole rings is 1. The fraction of sp³-hybridized carbons (Fsp3) is 0.452. The molecular weight excluding hydrogens is 532 g/mol. The fourth-order valence-corrected chi connectivity index (χ4v) is 7.52. The molecule has 2 bridgehead atoms. The van der Waals surface area contributed by atoms with Crippen LogP contribution in [0.5, 0.6) is 5.75 Å². The Hall–Kier alpha value is -4.43. The van der Waals surface area contributed by atoms with Crippen LogP contribution in [0.2, 0.25) is 0 Å². The second-order valence-corrected chi connectivity index (χ2v) is 12.4. The van der Waals surface area contributed by atoms with Crippen molar-refractivity contribution in [2.24, 2.45) is 24.3 Å². The zero-order chi connectivity index (χ0) is 28.6. The third-order valence-corrected chi connectivity index (χ3v) is 9.92. The van der Waals surface area contributed by atoms with E-state index in [1.165, 1.54) is 0 Å². The molecule has 11 nitrogen and oxygen atoms in total. The molecule has 1 amide bonds. The van der Waals surface area contributed by atoms with Gasteiger partial charge in [0.2, 0.25) is 0 Å². The van der Waals surface area contributed by atoms with Crippen LogP contribution in [0.25, 0.3) is 16.6 Å². The van der Waals surface area contributed by atoms with Gasteiger partial charge in [0.15, 0.2) is 0 Å². The number of hydrogen-bond acceptors (Lipinski definition) is 8. The van der Waals surface area contributed by atoms with Crippen molar-refractivity contribution >= 4 is 17.2 Å². The maximum absolute atomic E-state index is 13.0. The maximum atomic E-state index is 13.0. The highest BCUT2D eigenvalue weighted by atomic mass is 16.5. The molecule has 1 saturated carbocycles. The molecule has 4 unspecified atom stereocenters. The molecule has 0 radical (unpaired) electrons. The van der Waals surface area contributed by atoms with Crippen molar-refractivity contribution in [1.82, 2.24) is 29.0 Å². The Morgan fingerprint density at radius 3 is 2.76 bits per heavy atom. The Kier molecular flexibility index (Phi) is 5.60. The van der Waals surface area contributed by atoms with Gasteiger partial charge in [-0.2, -0.15) is 10.4 Å². The van der Waals surface area contributed by atoms with E-state index in [-0.39, 0.29) is 18.0 Å². The van der Waals surface area contributed by atoms with Crippen LogP contribution < -0.4 is 9.64 Å². The first kappa shape index (κ1) is 25.3. The highest BCUT2D eigenvalue weighted by molar-refractivity contribution is 5.93. The molecule has 5 aliphatic rings. The van der Waals surface area contributed by atoms with Crippen molar-refractivity contribution in [3.05, 3.63) is 60.6 Å². The first-order valence-corrected chi connectivity index (χ1v) is 14.6. The predicted molar refractivity (Wildman–Crippen MR) is 153 cm³/mol. The van der Waals surface area contributed by atoms with Crippen LogP contribution in [0.4, 0.5) is 5.82 Å². The molecular formula is C31H32N8O3. The first-order chi connectivity index (χ1) is 20.4. The summed E-state index contributed by atoms with van der Waals surface area (Å²) in [5, 5.41) is 14.2. The van der Waals surface area contributed by atoms with Crippen molar-refractivity contribution in [2.75, 3.05) is 37.8 Å². The van der Waals surface area contributed by atoms with Gasteiger partial charge in [-0.05, 0) is 48.3 Å². The second-order valence-electron chi connectivity index (χ2n) is 12.4. The SMILES string of the molecule is Cn1cnc(C(=O)N2C3CC2CN(c2ccc(-c4cc(OCCC5C6COC[C@]56C)cn5ncc(C#N)c45)cn2)C3)c1. The van der Waals surface area contributed by atoms with Gasteiger partial charge in [0.05, 0.1) is 61.7 Å². The number of rotatable bonds is 7. The Labute approximate surface area is 243 Å². The topological polar surface area (TPSA) is 114 Å². The van der Waals surface area contributed by atoms with E-state index in [4.69, 9.17) is 14.5 Å². The molecule has 0 aromatic carbocycles. The van der Waals surface area contributed by atoms with E-state index >= 15 is 0 Å². The molecule has 0 N–H and O–H groups in total. The minimum atomic E-state index is 0.00299. The molecule has 4 aromatic heterocycles. The molecule has 214 valence electrons. The smallest absolute Gasteiger partial charge is 0.274 e. The molecule has 4 aromatic rings. The number of ether oxygens (including phenoxy) is 2. The summed E-state index contributed by atoms with van der Waals surface area (Å²) in [4.78, 5) is 26.3. The number of pyridine rings is 2. The maximum Gasteiger partial charge on any atom is 0.274 e. The summed E-state index contributed by atoms with van der Waals surface area (Å²) < 4.78 is 15.4. The third-order valence-electron chi connectivity index (χ3n) is 9.92. The lowest BCUT2D eigenvalue weighted by atomic mass is 9.87. The molecule has 42 heavy (non-hydrogen) atoms. The molecule has 8 heterocycles. The summed E-state index contributed by atoms with van der Waals surface area (Å²) >= 11 is 0. The minimum absolute atomic E-state index is 0.00299. The number of fused-ring (bicyclic) bond motifs is 4. The standard InChI is InChI=1S/C31H32N8O3/c1-31-17-41-16-26(31)25(31)5-6-42-23-8-24(29-20(9-32)11-35-38(29)14-23)19-3-4-28(33-10-19)37-12-21-7-22(13-37)39(21)30(40)27-15-36(2)18-34-27/h3-4,8,10-11,14-15,18,21-22,25-26H,5-7,12-13,16-17H2,1-2H3/t21?,22?,25?,26?,31-/m1/s1. The summed E-state index contributed by atoms with van der Waals surface area (Å²) in [6.07, 6.45) is 10.7. The number of aryl methyl sites for hydroxylation is 1. The highest BCUT2D eigenvalue weighted by Crippen LogP contribution is 2.63. The number of anilines is 1. The number of carbonyl (C=O) groups is 1.